The highest BCUT2D eigenvalue weighted by Gasteiger charge is 2.23. The van der Waals surface area contributed by atoms with E-state index in [1.807, 2.05) is 12.1 Å². The average molecular weight is 388 g/mol. The molecule has 146 valence electrons. The van der Waals surface area contributed by atoms with E-state index in [2.05, 4.69) is 20.8 Å². The minimum Gasteiger partial charge on any atom is -0.461 e. The third kappa shape index (κ3) is 3.59. The van der Waals surface area contributed by atoms with Crippen LogP contribution in [-0.2, 0) is 5.41 Å². The third-order valence-corrected chi connectivity index (χ3v) is 4.68. The Labute approximate surface area is 167 Å². The average Bonchev–Trinajstić information content (AvgIpc) is 3.24. The number of esters is 1. The highest BCUT2D eigenvalue weighted by molar-refractivity contribution is 5.92. The molecule has 0 aliphatic rings. The number of para-hydroxylation sites is 1. The molecule has 0 unspecified atom stereocenters. The molecular formula is C24H20O5. The van der Waals surface area contributed by atoms with Crippen LogP contribution in [0.25, 0.3) is 22.5 Å². The van der Waals surface area contributed by atoms with E-state index in [0.29, 0.717) is 22.3 Å². The second-order valence-electron chi connectivity index (χ2n) is 7.78. The summed E-state index contributed by atoms with van der Waals surface area (Å²) < 4.78 is 16.7. The van der Waals surface area contributed by atoms with Gasteiger partial charge in [-0.15, -0.1) is 0 Å². The molecule has 2 aromatic heterocycles. The number of hydrogen-bond donors (Lipinski definition) is 0. The van der Waals surface area contributed by atoms with Gasteiger partial charge in [0.25, 0.3) is 0 Å². The number of furan rings is 1. The van der Waals surface area contributed by atoms with Gasteiger partial charge in [0, 0.05) is 0 Å². The highest BCUT2D eigenvalue weighted by atomic mass is 16.5. The van der Waals surface area contributed by atoms with Crippen molar-refractivity contribution in [3.05, 3.63) is 88.3 Å². The smallest absolute Gasteiger partial charge is 0.343 e. The molecule has 0 saturated heterocycles. The van der Waals surface area contributed by atoms with Gasteiger partial charge in [0.1, 0.15) is 5.58 Å². The van der Waals surface area contributed by atoms with Crippen molar-refractivity contribution >= 4 is 16.9 Å². The van der Waals surface area contributed by atoms with Crippen molar-refractivity contribution in [2.24, 2.45) is 0 Å². The summed E-state index contributed by atoms with van der Waals surface area (Å²) in [5, 5.41) is 0.327. The largest absolute Gasteiger partial charge is 0.461 e. The first-order chi connectivity index (χ1) is 13.8. The molecule has 0 radical (unpaired) electrons. The van der Waals surface area contributed by atoms with Crippen molar-refractivity contribution < 1.29 is 18.4 Å². The Balaban J connectivity index is 1.77. The van der Waals surface area contributed by atoms with E-state index in [4.69, 9.17) is 13.6 Å². The Morgan fingerprint density at radius 3 is 2.31 bits per heavy atom. The molecule has 0 amide bonds. The van der Waals surface area contributed by atoms with E-state index in [-0.39, 0.29) is 16.9 Å². The van der Waals surface area contributed by atoms with Crippen LogP contribution < -0.4 is 10.2 Å². The number of fused-ring (bicyclic) bond motifs is 1. The number of hydrogen-bond acceptors (Lipinski definition) is 5. The van der Waals surface area contributed by atoms with Crippen LogP contribution in [-0.4, -0.2) is 5.97 Å². The van der Waals surface area contributed by atoms with E-state index in [0.717, 1.165) is 5.56 Å². The maximum Gasteiger partial charge on any atom is 0.343 e. The van der Waals surface area contributed by atoms with Crippen molar-refractivity contribution in [1.29, 1.82) is 0 Å². The first-order valence-corrected chi connectivity index (χ1v) is 9.27. The first kappa shape index (κ1) is 18.7. The monoisotopic (exact) mass is 388 g/mol. The molecule has 29 heavy (non-hydrogen) atoms. The fourth-order valence-electron chi connectivity index (χ4n) is 3.05. The standard InChI is InChI=1S/C24H20O5/c1-24(2,3)16-12-10-15(11-13-16)23(26)29-22-20(25)17-7-4-5-8-18(17)28-21(22)19-9-6-14-27-19/h4-14H,1-3H3. The third-order valence-electron chi connectivity index (χ3n) is 4.68. The summed E-state index contributed by atoms with van der Waals surface area (Å²) >= 11 is 0. The molecule has 0 spiro atoms. The molecule has 2 aromatic carbocycles. The van der Waals surface area contributed by atoms with Gasteiger partial charge in [-0.2, -0.15) is 0 Å². The van der Waals surface area contributed by atoms with E-state index in [9.17, 15) is 9.59 Å². The summed E-state index contributed by atoms with van der Waals surface area (Å²) in [6, 6.07) is 17.3. The zero-order chi connectivity index (χ0) is 20.6. The van der Waals surface area contributed by atoms with Crippen LogP contribution in [0.3, 0.4) is 0 Å². The molecule has 0 N–H and O–H groups in total. The topological polar surface area (TPSA) is 69.7 Å². The number of carbonyl (C=O) groups is 1. The maximum absolute atomic E-state index is 13.0. The first-order valence-electron chi connectivity index (χ1n) is 9.27. The lowest BCUT2D eigenvalue weighted by molar-refractivity contribution is 0.0731. The van der Waals surface area contributed by atoms with Gasteiger partial charge < -0.3 is 13.6 Å². The number of carbonyl (C=O) groups excluding carboxylic acids is 1. The molecule has 0 bridgehead atoms. The quantitative estimate of drug-likeness (QED) is 0.429. The van der Waals surface area contributed by atoms with E-state index >= 15 is 0 Å². The van der Waals surface area contributed by atoms with Crippen molar-refractivity contribution in [3.63, 3.8) is 0 Å². The van der Waals surface area contributed by atoms with E-state index in [1.54, 1.807) is 48.5 Å². The van der Waals surface area contributed by atoms with Crippen LogP contribution in [0.1, 0.15) is 36.7 Å². The Bertz CT molecular complexity index is 1220. The number of ether oxygens (including phenoxy) is 1. The van der Waals surface area contributed by atoms with Crippen LogP contribution >= 0.6 is 0 Å². The minimum atomic E-state index is -0.638. The molecule has 5 nitrogen and oxygen atoms in total. The molecule has 4 rings (SSSR count). The molecule has 2 heterocycles. The highest BCUT2D eigenvalue weighted by Crippen LogP contribution is 2.31. The Kier molecular flexibility index (Phi) is 4.59. The summed E-state index contributed by atoms with van der Waals surface area (Å²) in [4.78, 5) is 25.8. The minimum absolute atomic E-state index is 0.0334. The van der Waals surface area contributed by atoms with Gasteiger partial charge in [-0.1, -0.05) is 45.0 Å². The number of rotatable bonds is 3. The SMILES string of the molecule is CC(C)(C)c1ccc(C(=O)Oc2c(-c3ccco3)oc3ccccc3c2=O)cc1. The molecule has 0 aliphatic heterocycles. The molecule has 0 saturated carbocycles. The zero-order valence-corrected chi connectivity index (χ0v) is 16.4. The molecule has 4 aromatic rings. The Morgan fingerprint density at radius 1 is 0.931 bits per heavy atom. The van der Waals surface area contributed by atoms with Crippen LogP contribution in [0.15, 0.2) is 80.6 Å². The van der Waals surface area contributed by atoms with Crippen molar-refractivity contribution in [2.75, 3.05) is 0 Å². The van der Waals surface area contributed by atoms with Crippen LogP contribution in [0, 0.1) is 0 Å². The molecule has 0 atom stereocenters. The Morgan fingerprint density at radius 2 is 1.66 bits per heavy atom. The summed E-state index contributed by atoms with van der Waals surface area (Å²) in [5.41, 5.74) is 1.36. The fourth-order valence-corrected chi connectivity index (χ4v) is 3.05. The summed E-state index contributed by atoms with van der Waals surface area (Å²) in [6.45, 7) is 6.28. The van der Waals surface area contributed by atoms with Crippen molar-refractivity contribution in [3.8, 4) is 17.3 Å². The van der Waals surface area contributed by atoms with Crippen LogP contribution in [0.2, 0.25) is 0 Å². The molecule has 0 aliphatic carbocycles. The fraction of sp³-hybridized carbons (Fsp3) is 0.167. The second kappa shape index (κ2) is 7.09. The summed E-state index contributed by atoms with van der Waals surface area (Å²) in [7, 11) is 0. The van der Waals surface area contributed by atoms with Gasteiger partial charge >= 0.3 is 5.97 Å². The van der Waals surface area contributed by atoms with E-state index in [1.165, 1.54) is 6.26 Å². The second-order valence-corrected chi connectivity index (χ2v) is 7.78. The molecule has 0 fully saturated rings. The van der Waals surface area contributed by atoms with Crippen LogP contribution in [0.5, 0.6) is 5.75 Å². The normalized spacial score (nSPS) is 11.6. The van der Waals surface area contributed by atoms with Crippen LogP contribution in [0.4, 0.5) is 0 Å². The van der Waals surface area contributed by atoms with Gasteiger partial charge in [-0.25, -0.2) is 4.79 Å². The maximum atomic E-state index is 13.0. The van der Waals surface area contributed by atoms with Gasteiger partial charge in [0.15, 0.2) is 5.76 Å². The predicted octanol–water partition coefficient (Wildman–Crippen LogP) is 5.57. The van der Waals surface area contributed by atoms with Gasteiger partial charge in [-0.05, 0) is 47.4 Å². The van der Waals surface area contributed by atoms with Crippen molar-refractivity contribution in [1.82, 2.24) is 0 Å². The lowest BCUT2D eigenvalue weighted by atomic mass is 9.87. The summed E-state index contributed by atoms with van der Waals surface area (Å²) in [5.74, 6) is -0.443. The van der Waals surface area contributed by atoms with E-state index < -0.39 is 11.4 Å². The lowest BCUT2D eigenvalue weighted by Gasteiger charge is -2.18. The lowest BCUT2D eigenvalue weighted by Crippen LogP contribution is -2.17. The Hall–Kier alpha value is -3.60. The van der Waals surface area contributed by atoms with Gasteiger partial charge in [0.2, 0.25) is 16.9 Å². The zero-order valence-electron chi connectivity index (χ0n) is 16.4. The van der Waals surface area contributed by atoms with Gasteiger partial charge in [-0.3, -0.25) is 4.79 Å². The number of benzene rings is 2. The molecule has 5 heteroatoms. The summed E-state index contributed by atoms with van der Waals surface area (Å²) in [6.07, 6.45) is 1.46. The molecular weight excluding hydrogens is 368 g/mol. The van der Waals surface area contributed by atoms with Gasteiger partial charge in [0.05, 0.1) is 17.2 Å². The van der Waals surface area contributed by atoms with Crippen molar-refractivity contribution in [2.45, 2.75) is 26.2 Å². The predicted molar refractivity (Wildman–Crippen MR) is 110 cm³/mol.